The largest absolute Gasteiger partial charge is 0.545 e. The first-order chi connectivity index (χ1) is 10.9. The van der Waals surface area contributed by atoms with Gasteiger partial charge in [0.25, 0.3) is 0 Å². The van der Waals surface area contributed by atoms with E-state index in [1.165, 1.54) is 28.6 Å². The summed E-state index contributed by atoms with van der Waals surface area (Å²) in [7, 11) is -3.59. The average molecular weight is 339 g/mol. The molecule has 0 spiro atoms. The van der Waals surface area contributed by atoms with Gasteiger partial charge in [0.15, 0.2) is 0 Å². The fourth-order valence-electron chi connectivity index (χ4n) is 1.97. The van der Waals surface area contributed by atoms with Crippen molar-refractivity contribution in [2.45, 2.75) is 4.90 Å². The zero-order valence-corrected chi connectivity index (χ0v) is 12.9. The molecule has 1 aliphatic rings. The molecule has 0 aromatic heterocycles. The number of benzene rings is 1. The molecular formula is C14H15N2O6S-. The van der Waals surface area contributed by atoms with Gasteiger partial charge < -0.3 is 20.0 Å². The van der Waals surface area contributed by atoms with Gasteiger partial charge in [-0.2, -0.15) is 4.31 Å². The quantitative estimate of drug-likeness (QED) is 0.685. The number of anilines is 1. The summed E-state index contributed by atoms with van der Waals surface area (Å²) < 4.78 is 31.3. The molecule has 1 saturated heterocycles. The molecule has 0 atom stereocenters. The van der Waals surface area contributed by atoms with Crippen molar-refractivity contribution in [1.82, 2.24) is 4.31 Å². The van der Waals surface area contributed by atoms with Gasteiger partial charge in [0.1, 0.15) is 0 Å². The molecule has 1 aromatic rings. The molecule has 1 N–H and O–H groups in total. The number of carbonyl (C=O) groups is 2. The van der Waals surface area contributed by atoms with Crippen LogP contribution in [0, 0.1) is 0 Å². The summed E-state index contributed by atoms with van der Waals surface area (Å²) in [6, 6.07) is 5.61. The molecule has 1 aromatic carbocycles. The Labute approximate surface area is 133 Å². The highest BCUT2D eigenvalue weighted by Gasteiger charge is 2.26. The lowest BCUT2D eigenvalue weighted by atomic mass is 10.3. The summed E-state index contributed by atoms with van der Waals surface area (Å²) in [6.07, 6.45) is 1.42. The molecular weight excluding hydrogens is 324 g/mol. The number of morpholine rings is 1. The van der Waals surface area contributed by atoms with Crippen LogP contribution in [0.3, 0.4) is 0 Å². The molecule has 0 saturated carbocycles. The molecule has 1 aliphatic heterocycles. The van der Waals surface area contributed by atoms with E-state index in [1.807, 2.05) is 0 Å². The van der Waals surface area contributed by atoms with Crippen LogP contribution in [-0.4, -0.2) is 50.9 Å². The Morgan fingerprint density at radius 2 is 1.74 bits per heavy atom. The summed E-state index contributed by atoms with van der Waals surface area (Å²) in [4.78, 5) is 21.7. The summed E-state index contributed by atoms with van der Waals surface area (Å²) in [5.74, 6) is -2.13. The summed E-state index contributed by atoms with van der Waals surface area (Å²) in [5, 5.41) is 12.6. The van der Waals surface area contributed by atoms with E-state index in [9.17, 15) is 23.1 Å². The SMILES string of the molecule is O=C([O-])/C=C\C(=O)Nc1ccc(S(=O)(=O)N2CCOCC2)cc1. The lowest BCUT2D eigenvalue weighted by Gasteiger charge is -2.26. The highest BCUT2D eigenvalue weighted by molar-refractivity contribution is 7.89. The lowest BCUT2D eigenvalue weighted by molar-refractivity contribution is -0.297. The first-order valence-electron chi connectivity index (χ1n) is 6.77. The van der Waals surface area contributed by atoms with Crippen molar-refractivity contribution in [3.05, 3.63) is 36.4 Å². The van der Waals surface area contributed by atoms with Gasteiger partial charge in [-0.1, -0.05) is 0 Å². The van der Waals surface area contributed by atoms with E-state index < -0.39 is 21.9 Å². The van der Waals surface area contributed by atoms with Crippen LogP contribution in [0.15, 0.2) is 41.3 Å². The number of aliphatic carboxylic acids is 1. The normalized spacial score (nSPS) is 16.3. The lowest BCUT2D eigenvalue weighted by Crippen LogP contribution is -2.40. The monoisotopic (exact) mass is 339 g/mol. The minimum absolute atomic E-state index is 0.114. The fourth-order valence-corrected chi connectivity index (χ4v) is 3.38. The maximum Gasteiger partial charge on any atom is 0.248 e. The maximum atomic E-state index is 12.4. The van der Waals surface area contributed by atoms with Crippen LogP contribution in [0.25, 0.3) is 0 Å². The first-order valence-corrected chi connectivity index (χ1v) is 8.21. The molecule has 9 heteroatoms. The van der Waals surface area contributed by atoms with Gasteiger partial charge in [-0.3, -0.25) is 4.79 Å². The van der Waals surface area contributed by atoms with E-state index in [-0.39, 0.29) is 4.90 Å². The van der Waals surface area contributed by atoms with E-state index in [0.29, 0.717) is 38.1 Å². The van der Waals surface area contributed by atoms with Gasteiger partial charge in [0, 0.05) is 24.9 Å². The topological polar surface area (TPSA) is 116 Å². The molecule has 0 unspecified atom stereocenters. The number of ether oxygens (including phenoxy) is 1. The number of carboxylic acids is 1. The number of rotatable bonds is 5. The van der Waals surface area contributed by atoms with Crippen LogP contribution in [0.2, 0.25) is 0 Å². The second-order valence-electron chi connectivity index (χ2n) is 4.68. The Morgan fingerprint density at radius 3 is 2.30 bits per heavy atom. The van der Waals surface area contributed by atoms with Crippen molar-refractivity contribution in [3.63, 3.8) is 0 Å². The molecule has 0 aliphatic carbocycles. The smallest absolute Gasteiger partial charge is 0.248 e. The zero-order chi connectivity index (χ0) is 16.9. The van der Waals surface area contributed by atoms with Crippen LogP contribution in [-0.2, 0) is 24.3 Å². The number of nitrogens with zero attached hydrogens (tertiary/aromatic N) is 1. The van der Waals surface area contributed by atoms with Crippen LogP contribution in [0.4, 0.5) is 5.69 Å². The van der Waals surface area contributed by atoms with Crippen LogP contribution < -0.4 is 10.4 Å². The number of hydrogen-bond acceptors (Lipinski definition) is 6. The molecule has 23 heavy (non-hydrogen) atoms. The van der Waals surface area contributed by atoms with Gasteiger partial charge >= 0.3 is 0 Å². The molecule has 1 fully saturated rings. The Hall–Kier alpha value is -2.23. The second-order valence-corrected chi connectivity index (χ2v) is 6.62. The molecule has 124 valence electrons. The Morgan fingerprint density at radius 1 is 1.13 bits per heavy atom. The third-order valence-electron chi connectivity index (χ3n) is 3.10. The third-order valence-corrected chi connectivity index (χ3v) is 5.01. The van der Waals surface area contributed by atoms with Crippen molar-refractivity contribution in [1.29, 1.82) is 0 Å². The molecule has 1 amide bonds. The van der Waals surface area contributed by atoms with Crippen LogP contribution in [0.1, 0.15) is 0 Å². The Kier molecular flexibility index (Phi) is 5.48. The van der Waals surface area contributed by atoms with Crippen LogP contribution in [0.5, 0.6) is 0 Å². The summed E-state index contributed by atoms with van der Waals surface area (Å²) in [5.41, 5.74) is 0.346. The molecule has 2 rings (SSSR count). The molecule has 1 heterocycles. The molecule has 0 bridgehead atoms. The maximum absolute atomic E-state index is 12.4. The van der Waals surface area contributed by atoms with Crippen LogP contribution >= 0.6 is 0 Å². The van der Waals surface area contributed by atoms with Crippen molar-refractivity contribution >= 4 is 27.6 Å². The standard InChI is InChI=1S/C14H16N2O6S/c17-13(5-6-14(18)19)15-11-1-3-12(4-2-11)23(20,21)16-7-9-22-10-8-16/h1-6H,7-10H2,(H,15,17)(H,18,19)/p-1/b6-5-. The van der Waals surface area contributed by atoms with E-state index >= 15 is 0 Å². The number of hydrogen-bond donors (Lipinski definition) is 1. The minimum Gasteiger partial charge on any atom is -0.545 e. The van der Waals surface area contributed by atoms with Crippen molar-refractivity contribution < 1.29 is 27.9 Å². The van der Waals surface area contributed by atoms with E-state index in [4.69, 9.17) is 4.74 Å². The third kappa shape index (κ3) is 4.62. The van der Waals surface area contributed by atoms with Gasteiger partial charge in [-0.25, -0.2) is 8.42 Å². The van der Waals surface area contributed by atoms with E-state index in [1.54, 1.807) is 0 Å². The highest BCUT2D eigenvalue weighted by Crippen LogP contribution is 2.19. The number of carboxylic acid groups (broad SMARTS) is 1. The fraction of sp³-hybridized carbons (Fsp3) is 0.286. The van der Waals surface area contributed by atoms with Gasteiger partial charge in [0.2, 0.25) is 15.9 Å². The van der Waals surface area contributed by atoms with Gasteiger partial charge in [-0.15, -0.1) is 0 Å². The van der Waals surface area contributed by atoms with Crippen molar-refractivity contribution in [3.8, 4) is 0 Å². The highest BCUT2D eigenvalue weighted by atomic mass is 32.2. The average Bonchev–Trinajstić information content (AvgIpc) is 2.54. The van der Waals surface area contributed by atoms with Gasteiger partial charge in [0.05, 0.1) is 24.1 Å². The summed E-state index contributed by atoms with van der Waals surface area (Å²) >= 11 is 0. The van der Waals surface area contributed by atoms with Crippen molar-refractivity contribution in [2.75, 3.05) is 31.6 Å². The van der Waals surface area contributed by atoms with Crippen molar-refractivity contribution in [2.24, 2.45) is 0 Å². The number of carbonyl (C=O) groups excluding carboxylic acids is 2. The van der Waals surface area contributed by atoms with E-state index in [0.717, 1.165) is 6.08 Å². The Balaban J connectivity index is 2.07. The zero-order valence-electron chi connectivity index (χ0n) is 12.1. The second kappa shape index (κ2) is 7.36. The number of nitrogens with one attached hydrogen (secondary N) is 1. The predicted molar refractivity (Wildman–Crippen MR) is 78.8 cm³/mol. The van der Waals surface area contributed by atoms with E-state index in [2.05, 4.69) is 5.32 Å². The minimum atomic E-state index is -3.59. The predicted octanol–water partition coefficient (Wildman–Crippen LogP) is -1.05. The number of sulfonamides is 1. The molecule has 8 nitrogen and oxygen atoms in total. The Bertz CT molecular complexity index is 705. The summed E-state index contributed by atoms with van der Waals surface area (Å²) in [6.45, 7) is 1.32. The number of amides is 1. The molecule has 0 radical (unpaired) electrons. The van der Waals surface area contributed by atoms with Gasteiger partial charge in [-0.05, 0) is 30.3 Å². The first kappa shape index (κ1) is 17.1.